The average Bonchev–Trinajstić information content (AvgIpc) is 3.00. The summed E-state index contributed by atoms with van der Waals surface area (Å²) in [5, 5.41) is 4.13. The lowest BCUT2D eigenvalue weighted by atomic mass is 10.0. The second-order valence-electron chi connectivity index (χ2n) is 9.10. The monoisotopic (exact) mass is 494 g/mol. The van der Waals surface area contributed by atoms with Gasteiger partial charge in [-0.05, 0) is 24.3 Å². The molecular weight excluding hydrogens is 472 g/mol. The molecule has 0 N–H and O–H groups in total. The molecule has 0 aliphatic rings. The minimum atomic E-state index is 0.575. The topological polar surface area (TPSA) is 70.0 Å². The highest BCUT2D eigenvalue weighted by Crippen LogP contribution is 2.30. The number of nitrogens with zero attached hydrogens (tertiary/aromatic N) is 4. The Kier molecular flexibility index (Phi) is 5.11. The molecule has 0 saturated heterocycles. The number of hydrogen-bond acceptors (Lipinski definition) is 6. The summed E-state index contributed by atoms with van der Waals surface area (Å²) >= 11 is 0. The van der Waals surface area contributed by atoms with Gasteiger partial charge in [-0.25, -0.2) is 19.9 Å². The number of pyridine rings is 4. The lowest BCUT2D eigenvalue weighted by Crippen LogP contribution is -1.92. The molecule has 7 aromatic rings. The van der Waals surface area contributed by atoms with Gasteiger partial charge in [-0.1, -0.05) is 60.7 Å². The van der Waals surface area contributed by atoms with E-state index >= 15 is 0 Å². The molecule has 7 rings (SSSR count). The Morgan fingerprint density at radius 2 is 0.684 bits per heavy atom. The highest BCUT2D eigenvalue weighted by atomic mass is 16.5. The molecule has 0 radical (unpaired) electrons. The van der Waals surface area contributed by atoms with Crippen LogP contribution in [0.5, 0.6) is 11.8 Å². The number of fused-ring (bicyclic) bond motifs is 6. The maximum Gasteiger partial charge on any atom is 0.213 e. The minimum absolute atomic E-state index is 0.575. The number of rotatable bonds is 4. The predicted molar refractivity (Wildman–Crippen MR) is 152 cm³/mol. The highest BCUT2D eigenvalue weighted by molar-refractivity contribution is 6.04. The number of methoxy groups -OCH3 is 2. The fourth-order valence-corrected chi connectivity index (χ4v) is 4.86. The second-order valence-corrected chi connectivity index (χ2v) is 9.10. The van der Waals surface area contributed by atoms with E-state index in [-0.39, 0.29) is 0 Å². The molecule has 0 aliphatic carbocycles. The Labute approximate surface area is 218 Å². The van der Waals surface area contributed by atoms with E-state index in [4.69, 9.17) is 19.4 Å². The third-order valence-electron chi connectivity index (χ3n) is 6.88. The second kappa shape index (κ2) is 8.78. The van der Waals surface area contributed by atoms with E-state index in [1.54, 1.807) is 14.2 Å². The molecule has 0 bridgehead atoms. The Morgan fingerprint density at radius 1 is 0.368 bits per heavy atom. The van der Waals surface area contributed by atoms with Crippen LogP contribution in [-0.4, -0.2) is 34.2 Å². The summed E-state index contributed by atoms with van der Waals surface area (Å²) in [6.07, 6.45) is 0. The third-order valence-corrected chi connectivity index (χ3v) is 6.88. The first-order chi connectivity index (χ1) is 18.7. The highest BCUT2D eigenvalue weighted by Gasteiger charge is 2.10. The van der Waals surface area contributed by atoms with E-state index in [0.717, 1.165) is 66.1 Å². The molecule has 6 nitrogen and oxygen atoms in total. The SMILES string of the molecule is COc1ccc2ccc3ccc(-c4ccc(-c5ccc6ccc7ccc(OC)nc7c6n5)cc4)nc3c2n1. The third kappa shape index (κ3) is 3.66. The van der Waals surface area contributed by atoms with Crippen molar-refractivity contribution in [3.8, 4) is 34.3 Å². The molecule has 0 unspecified atom stereocenters. The first-order valence-corrected chi connectivity index (χ1v) is 12.3. The number of aromatic nitrogens is 4. The number of hydrogen-bond donors (Lipinski definition) is 0. The number of ether oxygens (including phenoxy) is 2. The van der Waals surface area contributed by atoms with Gasteiger partial charge in [0.25, 0.3) is 0 Å². The molecule has 0 atom stereocenters. The Balaban J connectivity index is 1.30. The zero-order valence-electron chi connectivity index (χ0n) is 20.8. The van der Waals surface area contributed by atoms with Crippen LogP contribution in [0.3, 0.4) is 0 Å². The van der Waals surface area contributed by atoms with E-state index in [1.807, 2.05) is 36.4 Å². The summed E-state index contributed by atoms with van der Waals surface area (Å²) in [5.74, 6) is 1.15. The van der Waals surface area contributed by atoms with E-state index in [0.29, 0.717) is 11.8 Å². The predicted octanol–water partition coefficient (Wildman–Crippen LogP) is 7.23. The van der Waals surface area contributed by atoms with Gasteiger partial charge in [-0.15, -0.1) is 0 Å². The molecule has 6 heteroatoms. The van der Waals surface area contributed by atoms with Gasteiger partial charge in [0.2, 0.25) is 11.8 Å². The van der Waals surface area contributed by atoms with E-state index < -0.39 is 0 Å². The summed E-state index contributed by atoms with van der Waals surface area (Å²) in [4.78, 5) is 19.3. The molecule has 0 aliphatic heterocycles. The van der Waals surface area contributed by atoms with Crippen molar-refractivity contribution >= 4 is 43.6 Å². The zero-order chi connectivity index (χ0) is 25.6. The summed E-state index contributed by atoms with van der Waals surface area (Å²) in [5.41, 5.74) is 7.19. The average molecular weight is 495 g/mol. The Bertz CT molecular complexity index is 1860. The maximum absolute atomic E-state index is 5.35. The van der Waals surface area contributed by atoms with Gasteiger partial charge < -0.3 is 9.47 Å². The molecule has 182 valence electrons. The molecule has 0 amide bonds. The summed E-state index contributed by atoms with van der Waals surface area (Å²) in [6.45, 7) is 0. The van der Waals surface area contributed by atoms with Crippen LogP contribution in [-0.2, 0) is 0 Å². The van der Waals surface area contributed by atoms with Crippen LogP contribution >= 0.6 is 0 Å². The van der Waals surface area contributed by atoms with Gasteiger partial charge in [0, 0.05) is 44.8 Å². The van der Waals surface area contributed by atoms with Gasteiger partial charge in [0.15, 0.2) is 0 Å². The number of benzene rings is 3. The van der Waals surface area contributed by atoms with Crippen LogP contribution in [0.4, 0.5) is 0 Å². The summed E-state index contributed by atoms with van der Waals surface area (Å²) < 4.78 is 10.7. The van der Waals surface area contributed by atoms with Gasteiger partial charge in [0.05, 0.1) is 36.6 Å². The van der Waals surface area contributed by atoms with E-state index in [9.17, 15) is 0 Å². The molecule has 0 saturated carbocycles. The van der Waals surface area contributed by atoms with Crippen molar-refractivity contribution in [2.75, 3.05) is 14.2 Å². The van der Waals surface area contributed by atoms with Crippen LogP contribution in [0.1, 0.15) is 0 Å². The molecule has 4 aromatic heterocycles. The van der Waals surface area contributed by atoms with Gasteiger partial charge in [-0.2, -0.15) is 0 Å². The standard InChI is InChI=1S/C32H22N4O2/c1-37-27-17-13-23-9-7-21-11-15-25(33-29(21)31(23)35-27)19-3-5-20(6-4-19)26-16-12-22-8-10-24-14-18-28(38-2)36-32(24)30(22)34-26/h3-18H,1-2H3. The van der Waals surface area contributed by atoms with Crippen molar-refractivity contribution in [3.05, 3.63) is 97.1 Å². The summed E-state index contributed by atoms with van der Waals surface area (Å²) in [7, 11) is 3.25. The normalized spacial score (nSPS) is 11.4. The van der Waals surface area contributed by atoms with Gasteiger partial charge in [-0.3, -0.25) is 0 Å². The van der Waals surface area contributed by atoms with Crippen LogP contribution in [0.15, 0.2) is 97.1 Å². The van der Waals surface area contributed by atoms with Crippen molar-refractivity contribution in [1.82, 2.24) is 19.9 Å². The molecule has 38 heavy (non-hydrogen) atoms. The molecular formula is C32H22N4O2. The molecule has 3 aromatic carbocycles. The van der Waals surface area contributed by atoms with Crippen LogP contribution in [0.2, 0.25) is 0 Å². The van der Waals surface area contributed by atoms with E-state index in [1.165, 1.54) is 0 Å². The molecule has 0 spiro atoms. The maximum atomic E-state index is 5.35. The zero-order valence-corrected chi connectivity index (χ0v) is 20.8. The molecule has 4 heterocycles. The van der Waals surface area contributed by atoms with Crippen LogP contribution in [0, 0.1) is 0 Å². The Morgan fingerprint density at radius 3 is 1.05 bits per heavy atom. The van der Waals surface area contributed by atoms with E-state index in [2.05, 4.69) is 70.6 Å². The smallest absolute Gasteiger partial charge is 0.213 e. The first-order valence-electron chi connectivity index (χ1n) is 12.3. The largest absolute Gasteiger partial charge is 0.481 e. The van der Waals surface area contributed by atoms with Crippen LogP contribution in [0.25, 0.3) is 66.1 Å². The van der Waals surface area contributed by atoms with Crippen molar-refractivity contribution in [2.24, 2.45) is 0 Å². The van der Waals surface area contributed by atoms with Gasteiger partial charge in [0.1, 0.15) is 11.0 Å². The summed E-state index contributed by atoms with van der Waals surface area (Å²) in [6, 6.07) is 32.6. The fourth-order valence-electron chi connectivity index (χ4n) is 4.86. The minimum Gasteiger partial charge on any atom is -0.481 e. The first kappa shape index (κ1) is 22.1. The van der Waals surface area contributed by atoms with Crippen molar-refractivity contribution in [3.63, 3.8) is 0 Å². The fraction of sp³-hybridized carbons (Fsp3) is 0.0625. The van der Waals surface area contributed by atoms with Crippen molar-refractivity contribution in [1.29, 1.82) is 0 Å². The van der Waals surface area contributed by atoms with Crippen molar-refractivity contribution < 1.29 is 9.47 Å². The van der Waals surface area contributed by atoms with Crippen LogP contribution < -0.4 is 9.47 Å². The van der Waals surface area contributed by atoms with Gasteiger partial charge >= 0.3 is 0 Å². The Hall–Kier alpha value is -5.10. The quantitative estimate of drug-likeness (QED) is 0.240. The van der Waals surface area contributed by atoms with Crippen molar-refractivity contribution in [2.45, 2.75) is 0 Å². The lowest BCUT2D eigenvalue weighted by Gasteiger charge is -2.09. The molecule has 0 fully saturated rings. The lowest BCUT2D eigenvalue weighted by molar-refractivity contribution is 0.399.